The predicted molar refractivity (Wildman–Crippen MR) is 116 cm³/mol. The first-order valence-electron chi connectivity index (χ1n) is 11.6. The fraction of sp³-hybridized carbons (Fsp3) is 0.840. The second-order valence-corrected chi connectivity index (χ2v) is 10.7. The van der Waals surface area contributed by atoms with Gasteiger partial charge in [0.15, 0.2) is 0 Å². The molecule has 0 spiro atoms. The number of hydrogen-bond acceptors (Lipinski definition) is 5. The number of fused-ring (bicyclic) bond motifs is 3. The van der Waals surface area contributed by atoms with Gasteiger partial charge in [0.1, 0.15) is 6.10 Å². The monoisotopic (exact) mass is 420 g/mol. The number of rotatable bonds is 5. The Bertz CT molecular complexity index is 712. The van der Waals surface area contributed by atoms with Gasteiger partial charge in [0.05, 0.1) is 12.2 Å². The summed E-state index contributed by atoms with van der Waals surface area (Å²) < 4.78 is 17.5. The summed E-state index contributed by atoms with van der Waals surface area (Å²) in [6, 6.07) is 0. The van der Waals surface area contributed by atoms with Crippen molar-refractivity contribution in [1.82, 2.24) is 0 Å². The van der Waals surface area contributed by atoms with Crippen molar-refractivity contribution in [2.75, 3.05) is 13.7 Å². The van der Waals surface area contributed by atoms with Crippen LogP contribution in [0.4, 0.5) is 0 Å². The normalized spacial score (nSPS) is 40.8. The second kappa shape index (κ2) is 8.29. The standard InChI is InChI=1S/C25H40O5/c1-16(2)25(28-7)12-9-20-19(14-25)21(30-18(4)27)13-22-23(5,15-29-17(3)26)10-8-11-24(20,22)6/h14,16,20-22H,8-13,15H2,1-7H3. The summed E-state index contributed by atoms with van der Waals surface area (Å²) in [6.45, 7) is 12.5. The topological polar surface area (TPSA) is 61.8 Å². The van der Waals surface area contributed by atoms with Gasteiger partial charge in [-0.3, -0.25) is 9.59 Å². The van der Waals surface area contributed by atoms with Crippen LogP contribution >= 0.6 is 0 Å². The summed E-state index contributed by atoms with van der Waals surface area (Å²) in [5.41, 5.74) is 0.953. The van der Waals surface area contributed by atoms with Crippen LogP contribution in [0.15, 0.2) is 11.6 Å². The molecule has 0 amide bonds. The lowest BCUT2D eigenvalue weighted by Gasteiger charge is -2.61. The van der Waals surface area contributed by atoms with Gasteiger partial charge in [0.2, 0.25) is 0 Å². The first kappa shape index (κ1) is 23.3. The van der Waals surface area contributed by atoms with E-state index in [2.05, 4.69) is 33.8 Å². The Hall–Kier alpha value is -1.36. The molecule has 0 aliphatic heterocycles. The molecule has 6 unspecified atom stereocenters. The number of methoxy groups -OCH3 is 1. The molecule has 170 valence electrons. The Morgan fingerprint density at radius 3 is 2.40 bits per heavy atom. The number of carbonyl (C=O) groups is 2. The quantitative estimate of drug-likeness (QED) is 0.459. The fourth-order valence-electron chi connectivity index (χ4n) is 6.97. The van der Waals surface area contributed by atoms with E-state index in [9.17, 15) is 9.59 Å². The molecule has 3 aliphatic rings. The maximum atomic E-state index is 12.0. The molecule has 0 heterocycles. The van der Waals surface area contributed by atoms with Crippen LogP contribution in [0.3, 0.4) is 0 Å². The highest BCUT2D eigenvalue weighted by Gasteiger charge is 2.59. The summed E-state index contributed by atoms with van der Waals surface area (Å²) in [6.07, 6.45) is 8.20. The molecular weight excluding hydrogens is 380 g/mol. The van der Waals surface area contributed by atoms with Gasteiger partial charge < -0.3 is 14.2 Å². The molecular formula is C25H40O5. The lowest BCUT2D eigenvalue weighted by Crippen LogP contribution is -2.57. The number of hydrogen-bond donors (Lipinski definition) is 0. The van der Waals surface area contributed by atoms with Gasteiger partial charge in [-0.05, 0) is 66.9 Å². The van der Waals surface area contributed by atoms with E-state index in [4.69, 9.17) is 14.2 Å². The van der Waals surface area contributed by atoms with E-state index in [1.165, 1.54) is 19.4 Å². The minimum atomic E-state index is -0.302. The van der Waals surface area contributed by atoms with Crippen LogP contribution in [0.1, 0.15) is 80.1 Å². The zero-order chi connectivity index (χ0) is 22.3. The van der Waals surface area contributed by atoms with Crippen LogP contribution in [0.25, 0.3) is 0 Å². The van der Waals surface area contributed by atoms with Crippen molar-refractivity contribution in [3.8, 4) is 0 Å². The molecule has 30 heavy (non-hydrogen) atoms. The molecule has 2 saturated carbocycles. The maximum Gasteiger partial charge on any atom is 0.303 e. The first-order valence-corrected chi connectivity index (χ1v) is 11.6. The van der Waals surface area contributed by atoms with Crippen LogP contribution in [-0.4, -0.2) is 37.4 Å². The summed E-state index contributed by atoms with van der Waals surface area (Å²) in [7, 11) is 1.79. The van der Waals surface area contributed by atoms with Gasteiger partial charge in [-0.15, -0.1) is 0 Å². The lowest BCUT2D eigenvalue weighted by molar-refractivity contribution is -0.165. The zero-order valence-electron chi connectivity index (χ0n) is 19.9. The van der Waals surface area contributed by atoms with Crippen molar-refractivity contribution in [3.05, 3.63) is 11.6 Å². The van der Waals surface area contributed by atoms with E-state index < -0.39 is 0 Å². The first-order chi connectivity index (χ1) is 14.0. The molecule has 2 fully saturated rings. The molecule has 0 aromatic rings. The highest BCUT2D eigenvalue weighted by atomic mass is 16.5. The van der Waals surface area contributed by atoms with Gasteiger partial charge in [0, 0.05) is 26.4 Å². The van der Waals surface area contributed by atoms with Crippen molar-refractivity contribution in [2.24, 2.45) is 28.6 Å². The minimum absolute atomic E-state index is 0.101. The Morgan fingerprint density at radius 2 is 1.83 bits per heavy atom. The minimum Gasteiger partial charge on any atom is -0.465 e. The molecule has 0 radical (unpaired) electrons. The van der Waals surface area contributed by atoms with Crippen LogP contribution in [0.2, 0.25) is 0 Å². The predicted octanol–water partition coefficient (Wildman–Crippen LogP) is 5.08. The average Bonchev–Trinajstić information content (AvgIpc) is 2.67. The summed E-state index contributed by atoms with van der Waals surface area (Å²) >= 11 is 0. The Labute approximate surface area is 181 Å². The second-order valence-electron chi connectivity index (χ2n) is 10.7. The number of esters is 2. The van der Waals surface area contributed by atoms with Crippen molar-refractivity contribution >= 4 is 11.9 Å². The third-order valence-electron chi connectivity index (χ3n) is 8.63. The maximum absolute atomic E-state index is 12.0. The molecule has 5 nitrogen and oxygen atoms in total. The van der Waals surface area contributed by atoms with Gasteiger partial charge in [0.25, 0.3) is 0 Å². The molecule has 0 N–H and O–H groups in total. The van der Waals surface area contributed by atoms with E-state index >= 15 is 0 Å². The molecule has 0 aromatic heterocycles. The van der Waals surface area contributed by atoms with Crippen molar-refractivity contribution in [2.45, 2.75) is 91.8 Å². The van der Waals surface area contributed by atoms with Gasteiger partial charge in [-0.2, -0.15) is 0 Å². The fourth-order valence-corrected chi connectivity index (χ4v) is 6.97. The van der Waals surface area contributed by atoms with Crippen molar-refractivity contribution < 1.29 is 23.8 Å². The zero-order valence-corrected chi connectivity index (χ0v) is 19.9. The Balaban J connectivity index is 2.04. The van der Waals surface area contributed by atoms with E-state index in [0.717, 1.165) is 38.5 Å². The van der Waals surface area contributed by atoms with E-state index in [0.29, 0.717) is 24.4 Å². The molecule has 6 atom stereocenters. The summed E-state index contributed by atoms with van der Waals surface area (Å²) in [5.74, 6) is 0.577. The van der Waals surface area contributed by atoms with Crippen molar-refractivity contribution in [1.29, 1.82) is 0 Å². The molecule has 0 bridgehead atoms. The van der Waals surface area contributed by atoms with Gasteiger partial charge in [-0.1, -0.05) is 34.1 Å². The van der Waals surface area contributed by atoms with Crippen LogP contribution in [0, 0.1) is 28.6 Å². The van der Waals surface area contributed by atoms with E-state index in [-0.39, 0.29) is 34.5 Å². The third-order valence-corrected chi connectivity index (χ3v) is 8.63. The van der Waals surface area contributed by atoms with Crippen LogP contribution in [-0.2, 0) is 23.8 Å². The molecule has 3 aliphatic carbocycles. The van der Waals surface area contributed by atoms with Crippen LogP contribution < -0.4 is 0 Å². The smallest absolute Gasteiger partial charge is 0.303 e. The Kier molecular flexibility index (Phi) is 6.44. The largest absolute Gasteiger partial charge is 0.465 e. The molecule has 0 saturated heterocycles. The highest BCUT2D eigenvalue weighted by Crippen LogP contribution is 2.64. The van der Waals surface area contributed by atoms with Crippen LogP contribution in [0.5, 0.6) is 0 Å². The summed E-state index contributed by atoms with van der Waals surface area (Å²) in [4.78, 5) is 23.6. The number of carbonyl (C=O) groups excluding carboxylic acids is 2. The molecule has 5 heteroatoms. The van der Waals surface area contributed by atoms with E-state index in [1.54, 1.807) is 7.11 Å². The third kappa shape index (κ3) is 3.94. The summed E-state index contributed by atoms with van der Waals surface area (Å²) in [5, 5.41) is 0. The lowest BCUT2D eigenvalue weighted by atomic mass is 9.45. The van der Waals surface area contributed by atoms with E-state index in [1.807, 2.05) is 0 Å². The van der Waals surface area contributed by atoms with Crippen molar-refractivity contribution in [3.63, 3.8) is 0 Å². The number of ether oxygens (including phenoxy) is 3. The average molecular weight is 421 g/mol. The van der Waals surface area contributed by atoms with Gasteiger partial charge >= 0.3 is 11.9 Å². The Morgan fingerprint density at radius 1 is 1.13 bits per heavy atom. The molecule has 3 rings (SSSR count). The SMILES string of the molecule is COC1(C(C)C)C=C2C(OC(C)=O)CC3C(C)(COC(C)=O)CCCC3(C)C2CC1. The highest BCUT2D eigenvalue weighted by molar-refractivity contribution is 5.66. The van der Waals surface area contributed by atoms with Gasteiger partial charge in [-0.25, -0.2) is 0 Å². The molecule has 0 aromatic carbocycles.